The largest absolute Gasteiger partial charge is 0.454 e. The van der Waals surface area contributed by atoms with E-state index in [-0.39, 0.29) is 23.6 Å². The standard InChI is InChI=1S/C28H22N4O4/c1-18-26(28(34)32(30(18)2)20-8-4-3-5-9-20)31-25(29-22-11-7-6-10-21(22)27(31)33)15-13-19-12-14-23-24(16-19)36-17-35-23/h3-16H,17H2,1-2H3. The predicted octanol–water partition coefficient (Wildman–Crippen LogP) is 4.08. The first-order valence-corrected chi connectivity index (χ1v) is 11.5. The van der Waals surface area contributed by atoms with E-state index in [1.54, 1.807) is 40.7 Å². The Balaban J connectivity index is 1.58. The van der Waals surface area contributed by atoms with Crippen LogP contribution in [0.3, 0.4) is 0 Å². The van der Waals surface area contributed by atoms with Gasteiger partial charge in [0.2, 0.25) is 6.79 Å². The van der Waals surface area contributed by atoms with Gasteiger partial charge in [0.05, 0.1) is 22.3 Å². The number of fused-ring (bicyclic) bond motifs is 2. The molecule has 8 nitrogen and oxygen atoms in total. The summed E-state index contributed by atoms with van der Waals surface area (Å²) in [5.41, 5.74) is 2.39. The Bertz CT molecular complexity index is 1780. The van der Waals surface area contributed by atoms with Gasteiger partial charge in [-0.25, -0.2) is 9.67 Å². The number of aromatic nitrogens is 4. The van der Waals surface area contributed by atoms with Crippen LogP contribution in [0.4, 0.5) is 0 Å². The minimum absolute atomic E-state index is 0.190. The Labute approximate surface area is 205 Å². The van der Waals surface area contributed by atoms with Crippen molar-refractivity contribution in [3.05, 3.63) is 111 Å². The van der Waals surface area contributed by atoms with Gasteiger partial charge in [-0.05, 0) is 55.0 Å². The summed E-state index contributed by atoms with van der Waals surface area (Å²) in [6, 6.07) is 22.1. The number of hydrogen-bond donors (Lipinski definition) is 0. The normalized spacial score (nSPS) is 12.6. The van der Waals surface area contributed by atoms with Crippen molar-refractivity contribution < 1.29 is 9.47 Å². The van der Waals surface area contributed by atoms with Gasteiger partial charge < -0.3 is 9.47 Å². The molecular weight excluding hydrogens is 456 g/mol. The van der Waals surface area contributed by atoms with Gasteiger partial charge in [0.25, 0.3) is 11.1 Å². The minimum atomic E-state index is -0.308. The van der Waals surface area contributed by atoms with E-state index in [4.69, 9.17) is 14.5 Å². The van der Waals surface area contributed by atoms with Crippen LogP contribution in [0.5, 0.6) is 11.5 Å². The number of hydrogen-bond acceptors (Lipinski definition) is 5. The fourth-order valence-electron chi connectivity index (χ4n) is 4.48. The van der Waals surface area contributed by atoms with E-state index in [1.807, 2.05) is 67.6 Å². The summed E-state index contributed by atoms with van der Waals surface area (Å²) < 4.78 is 15.6. The van der Waals surface area contributed by atoms with Crippen LogP contribution < -0.4 is 20.6 Å². The molecule has 0 fully saturated rings. The average molecular weight is 479 g/mol. The van der Waals surface area contributed by atoms with Crippen molar-refractivity contribution in [1.82, 2.24) is 18.9 Å². The zero-order chi connectivity index (χ0) is 24.8. The second-order valence-corrected chi connectivity index (χ2v) is 8.48. The van der Waals surface area contributed by atoms with E-state index in [0.29, 0.717) is 39.6 Å². The van der Waals surface area contributed by atoms with Crippen molar-refractivity contribution in [2.45, 2.75) is 6.92 Å². The first-order chi connectivity index (χ1) is 17.5. The van der Waals surface area contributed by atoms with Crippen LogP contribution in [0.2, 0.25) is 0 Å². The first kappa shape index (κ1) is 21.7. The minimum Gasteiger partial charge on any atom is -0.454 e. The molecule has 5 aromatic rings. The Hall–Kier alpha value is -4.85. The molecule has 0 amide bonds. The second-order valence-electron chi connectivity index (χ2n) is 8.48. The molecule has 2 aromatic heterocycles. The highest BCUT2D eigenvalue weighted by molar-refractivity contribution is 5.80. The summed E-state index contributed by atoms with van der Waals surface area (Å²) >= 11 is 0. The average Bonchev–Trinajstić information content (AvgIpc) is 3.45. The van der Waals surface area contributed by atoms with Crippen molar-refractivity contribution >= 4 is 23.1 Å². The third-order valence-corrected chi connectivity index (χ3v) is 6.37. The molecule has 3 aromatic carbocycles. The molecule has 1 aliphatic heterocycles. The summed E-state index contributed by atoms with van der Waals surface area (Å²) in [5, 5.41) is 0.437. The maximum Gasteiger partial charge on any atom is 0.296 e. The molecule has 0 spiro atoms. The Morgan fingerprint density at radius 1 is 0.861 bits per heavy atom. The molecule has 0 N–H and O–H groups in total. The monoisotopic (exact) mass is 478 g/mol. The van der Waals surface area contributed by atoms with Crippen LogP contribution in [-0.2, 0) is 7.05 Å². The fraction of sp³-hybridized carbons (Fsp3) is 0.107. The highest BCUT2D eigenvalue weighted by atomic mass is 16.7. The lowest BCUT2D eigenvalue weighted by Crippen LogP contribution is -2.28. The van der Waals surface area contributed by atoms with Crippen molar-refractivity contribution in [2.24, 2.45) is 7.05 Å². The summed E-state index contributed by atoms with van der Waals surface area (Å²) in [6.45, 7) is 2.01. The molecule has 6 rings (SSSR count). The molecule has 0 radical (unpaired) electrons. The first-order valence-electron chi connectivity index (χ1n) is 11.5. The summed E-state index contributed by atoms with van der Waals surface area (Å²) in [5.74, 6) is 1.70. The molecular formula is C28H22N4O4. The van der Waals surface area contributed by atoms with E-state index < -0.39 is 0 Å². The van der Waals surface area contributed by atoms with Gasteiger partial charge in [-0.2, -0.15) is 0 Å². The Morgan fingerprint density at radius 3 is 2.44 bits per heavy atom. The molecule has 8 heteroatoms. The van der Waals surface area contributed by atoms with E-state index in [1.165, 1.54) is 4.57 Å². The van der Waals surface area contributed by atoms with E-state index in [2.05, 4.69) is 0 Å². The Morgan fingerprint density at radius 2 is 1.61 bits per heavy atom. The Kier molecular flexibility index (Phi) is 5.07. The van der Waals surface area contributed by atoms with Crippen LogP contribution in [0.15, 0.2) is 82.4 Å². The molecule has 178 valence electrons. The maximum absolute atomic E-state index is 13.8. The third-order valence-electron chi connectivity index (χ3n) is 6.37. The number of para-hydroxylation sites is 2. The van der Waals surface area contributed by atoms with Crippen LogP contribution >= 0.6 is 0 Å². The van der Waals surface area contributed by atoms with Gasteiger partial charge in [0.15, 0.2) is 11.5 Å². The fourth-order valence-corrected chi connectivity index (χ4v) is 4.48. The molecule has 0 aliphatic carbocycles. The van der Waals surface area contributed by atoms with Crippen LogP contribution in [0.1, 0.15) is 17.1 Å². The zero-order valence-electron chi connectivity index (χ0n) is 19.7. The number of nitrogens with zero attached hydrogens (tertiary/aromatic N) is 4. The molecule has 0 unspecified atom stereocenters. The number of rotatable bonds is 4. The topological polar surface area (TPSA) is 80.3 Å². The van der Waals surface area contributed by atoms with E-state index in [9.17, 15) is 9.59 Å². The zero-order valence-corrected chi connectivity index (χ0v) is 19.7. The molecule has 0 atom stereocenters. The maximum atomic E-state index is 13.8. The lowest BCUT2D eigenvalue weighted by Gasteiger charge is -2.10. The summed E-state index contributed by atoms with van der Waals surface area (Å²) in [7, 11) is 1.80. The molecule has 0 saturated heterocycles. The van der Waals surface area contributed by atoms with Gasteiger partial charge in [-0.3, -0.25) is 18.8 Å². The molecule has 0 saturated carbocycles. The van der Waals surface area contributed by atoms with Gasteiger partial charge in [0, 0.05) is 7.05 Å². The molecule has 0 bridgehead atoms. The van der Waals surface area contributed by atoms with E-state index in [0.717, 1.165) is 5.56 Å². The number of benzene rings is 3. The SMILES string of the molecule is Cc1c(-n2c(C=Cc3ccc4c(c3)OCO4)nc3ccccc3c2=O)c(=O)n(-c2ccccc2)n1C. The predicted molar refractivity (Wildman–Crippen MR) is 138 cm³/mol. The third kappa shape index (κ3) is 3.42. The summed E-state index contributed by atoms with van der Waals surface area (Å²) in [6.07, 6.45) is 3.58. The van der Waals surface area contributed by atoms with Crippen LogP contribution in [-0.4, -0.2) is 25.7 Å². The van der Waals surface area contributed by atoms with Crippen molar-refractivity contribution in [3.8, 4) is 22.9 Å². The lowest BCUT2D eigenvalue weighted by atomic mass is 10.2. The summed E-state index contributed by atoms with van der Waals surface area (Å²) in [4.78, 5) is 32.3. The molecule has 36 heavy (non-hydrogen) atoms. The molecule has 3 heterocycles. The van der Waals surface area contributed by atoms with Gasteiger partial charge in [-0.1, -0.05) is 42.5 Å². The van der Waals surface area contributed by atoms with Crippen LogP contribution in [0, 0.1) is 6.92 Å². The number of ether oxygens (including phenoxy) is 2. The van der Waals surface area contributed by atoms with Crippen molar-refractivity contribution in [1.29, 1.82) is 0 Å². The van der Waals surface area contributed by atoms with Crippen LogP contribution in [0.25, 0.3) is 34.4 Å². The van der Waals surface area contributed by atoms with E-state index >= 15 is 0 Å². The van der Waals surface area contributed by atoms with Crippen molar-refractivity contribution in [2.75, 3.05) is 6.79 Å². The van der Waals surface area contributed by atoms with Gasteiger partial charge >= 0.3 is 0 Å². The highest BCUT2D eigenvalue weighted by Crippen LogP contribution is 2.33. The van der Waals surface area contributed by atoms with Crippen molar-refractivity contribution in [3.63, 3.8) is 0 Å². The smallest absolute Gasteiger partial charge is 0.296 e. The van der Waals surface area contributed by atoms with Gasteiger partial charge in [0.1, 0.15) is 11.5 Å². The quantitative estimate of drug-likeness (QED) is 0.389. The van der Waals surface area contributed by atoms with Gasteiger partial charge in [-0.15, -0.1) is 0 Å². The second kappa shape index (κ2) is 8.42. The lowest BCUT2D eigenvalue weighted by molar-refractivity contribution is 0.174. The highest BCUT2D eigenvalue weighted by Gasteiger charge is 2.22. The molecule has 1 aliphatic rings.